The molecule has 1 N–H and O–H groups in total. The van der Waals surface area contributed by atoms with Crippen molar-refractivity contribution in [2.75, 3.05) is 18.5 Å². The van der Waals surface area contributed by atoms with E-state index in [0.717, 1.165) is 4.47 Å². The number of aromatic nitrogens is 1. The van der Waals surface area contributed by atoms with Crippen LogP contribution in [0.4, 0.5) is 5.13 Å². The van der Waals surface area contributed by atoms with Crippen LogP contribution in [-0.4, -0.2) is 30.1 Å². The van der Waals surface area contributed by atoms with Crippen molar-refractivity contribution in [2.24, 2.45) is 0 Å². The molecule has 0 unspecified atom stereocenters. The van der Waals surface area contributed by atoms with Crippen molar-refractivity contribution in [1.29, 1.82) is 0 Å². The van der Waals surface area contributed by atoms with Crippen LogP contribution < -0.4 is 10.1 Å². The molecule has 0 spiro atoms. The van der Waals surface area contributed by atoms with Gasteiger partial charge in [0, 0.05) is 9.85 Å². The van der Waals surface area contributed by atoms with Gasteiger partial charge in [0.2, 0.25) is 0 Å². The molecule has 0 aliphatic rings. The van der Waals surface area contributed by atoms with Crippen molar-refractivity contribution in [3.8, 4) is 5.75 Å². The number of nitrogens with one attached hydrogen (secondary N) is 1. The van der Waals surface area contributed by atoms with Gasteiger partial charge in [-0.05, 0) is 31.2 Å². The van der Waals surface area contributed by atoms with Gasteiger partial charge in [-0.2, -0.15) is 0 Å². The standard InChI is InChI=1S/C15H15BrN2O4S/c1-2-21-14(20)7-11-9-23-15(17-11)18-13(19)8-22-12-5-3-10(16)4-6-12/h3-6,9H,2,7-8H2,1H3,(H,17,18,19). The first-order chi connectivity index (χ1) is 11.1. The summed E-state index contributed by atoms with van der Waals surface area (Å²) in [5.41, 5.74) is 0.567. The molecule has 1 amide bonds. The number of anilines is 1. The molecule has 0 saturated carbocycles. The number of hydrogen-bond acceptors (Lipinski definition) is 6. The van der Waals surface area contributed by atoms with Crippen LogP contribution in [-0.2, 0) is 20.7 Å². The Morgan fingerprint density at radius 3 is 2.74 bits per heavy atom. The second-order valence-electron chi connectivity index (χ2n) is 4.42. The second kappa shape index (κ2) is 8.64. The molecule has 0 saturated heterocycles. The minimum Gasteiger partial charge on any atom is -0.484 e. The Morgan fingerprint density at radius 2 is 2.04 bits per heavy atom. The van der Waals surface area contributed by atoms with E-state index in [1.54, 1.807) is 24.4 Å². The van der Waals surface area contributed by atoms with Gasteiger partial charge < -0.3 is 9.47 Å². The van der Waals surface area contributed by atoms with Gasteiger partial charge >= 0.3 is 5.97 Å². The predicted molar refractivity (Wildman–Crippen MR) is 90.7 cm³/mol. The van der Waals surface area contributed by atoms with E-state index in [1.165, 1.54) is 11.3 Å². The van der Waals surface area contributed by atoms with Crippen LogP contribution >= 0.6 is 27.3 Å². The molecule has 122 valence electrons. The van der Waals surface area contributed by atoms with Crippen molar-refractivity contribution in [3.63, 3.8) is 0 Å². The number of hydrogen-bond donors (Lipinski definition) is 1. The SMILES string of the molecule is CCOC(=O)Cc1csc(NC(=O)COc2ccc(Br)cc2)n1. The van der Waals surface area contributed by atoms with E-state index in [-0.39, 0.29) is 24.9 Å². The van der Waals surface area contributed by atoms with Crippen LogP contribution in [0.25, 0.3) is 0 Å². The molecule has 2 aromatic rings. The lowest BCUT2D eigenvalue weighted by molar-refractivity contribution is -0.142. The summed E-state index contributed by atoms with van der Waals surface area (Å²) in [6, 6.07) is 7.18. The molecule has 8 heteroatoms. The van der Waals surface area contributed by atoms with Crippen molar-refractivity contribution in [1.82, 2.24) is 4.98 Å². The molecule has 23 heavy (non-hydrogen) atoms. The molecular formula is C15H15BrN2O4S. The molecule has 1 aromatic heterocycles. The van der Waals surface area contributed by atoms with Gasteiger partial charge in [-0.15, -0.1) is 11.3 Å². The Hall–Kier alpha value is -1.93. The molecule has 0 bridgehead atoms. The minimum absolute atomic E-state index is 0.0929. The van der Waals surface area contributed by atoms with Gasteiger partial charge in [0.05, 0.1) is 18.7 Å². The van der Waals surface area contributed by atoms with Crippen molar-refractivity contribution in [3.05, 3.63) is 39.8 Å². The fraction of sp³-hybridized carbons (Fsp3) is 0.267. The van der Waals surface area contributed by atoms with E-state index < -0.39 is 0 Å². The Balaban J connectivity index is 1.80. The van der Waals surface area contributed by atoms with Gasteiger partial charge in [0.25, 0.3) is 5.91 Å². The zero-order valence-corrected chi connectivity index (χ0v) is 14.8. The predicted octanol–water partition coefficient (Wildman–Crippen LogP) is 3.03. The van der Waals surface area contributed by atoms with Crippen LogP contribution in [0.2, 0.25) is 0 Å². The van der Waals surface area contributed by atoms with Gasteiger partial charge in [-0.1, -0.05) is 15.9 Å². The summed E-state index contributed by atoms with van der Waals surface area (Å²) in [7, 11) is 0. The lowest BCUT2D eigenvalue weighted by Gasteiger charge is -2.05. The quantitative estimate of drug-likeness (QED) is 0.725. The number of rotatable bonds is 7. The summed E-state index contributed by atoms with van der Waals surface area (Å²) in [6.45, 7) is 1.96. The number of benzene rings is 1. The summed E-state index contributed by atoms with van der Waals surface area (Å²) >= 11 is 4.57. The molecular weight excluding hydrogens is 384 g/mol. The van der Waals surface area contributed by atoms with Gasteiger partial charge in [-0.25, -0.2) is 4.98 Å². The monoisotopic (exact) mass is 398 g/mol. The van der Waals surface area contributed by atoms with Crippen LogP contribution in [0.1, 0.15) is 12.6 Å². The number of halogens is 1. The molecule has 0 fully saturated rings. The highest BCUT2D eigenvalue weighted by molar-refractivity contribution is 9.10. The largest absolute Gasteiger partial charge is 0.484 e. The summed E-state index contributed by atoms with van der Waals surface area (Å²) in [5, 5.41) is 4.77. The maximum atomic E-state index is 11.8. The first kappa shape index (κ1) is 17.4. The Bertz CT molecular complexity index is 672. The summed E-state index contributed by atoms with van der Waals surface area (Å²) in [4.78, 5) is 27.3. The van der Waals surface area contributed by atoms with E-state index in [9.17, 15) is 9.59 Å². The zero-order chi connectivity index (χ0) is 16.7. The highest BCUT2D eigenvalue weighted by Crippen LogP contribution is 2.17. The summed E-state index contributed by atoms with van der Waals surface area (Å²) in [6.07, 6.45) is 0.0929. The fourth-order valence-electron chi connectivity index (χ4n) is 1.64. The number of ether oxygens (including phenoxy) is 2. The lowest BCUT2D eigenvalue weighted by atomic mass is 10.3. The zero-order valence-electron chi connectivity index (χ0n) is 12.4. The van der Waals surface area contributed by atoms with Crippen LogP contribution in [0.15, 0.2) is 34.1 Å². The second-order valence-corrected chi connectivity index (χ2v) is 6.19. The summed E-state index contributed by atoms with van der Waals surface area (Å²) < 4.78 is 11.2. The maximum absolute atomic E-state index is 11.8. The number of carbonyl (C=O) groups excluding carboxylic acids is 2. The molecule has 6 nitrogen and oxygen atoms in total. The summed E-state index contributed by atoms with van der Waals surface area (Å²) in [5.74, 6) is -0.0512. The maximum Gasteiger partial charge on any atom is 0.311 e. The average molecular weight is 399 g/mol. The van der Waals surface area contributed by atoms with Gasteiger partial charge in [0.1, 0.15) is 5.75 Å². The van der Waals surface area contributed by atoms with Crippen LogP contribution in [0.3, 0.4) is 0 Å². The van der Waals surface area contributed by atoms with E-state index >= 15 is 0 Å². The third-order valence-electron chi connectivity index (χ3n) is 2.61. The van der Waals surface area contributed by atoms with Gasteiger partial charge in [-0.3, -0.25) is 14.9 Å². The third kappa shape index (κ3) is 5.99. The molecule has 1 aromatic carbocycles. The third-order valence-corrected chi connectivity index (χ3v) is 3.95. The topological polar surface area (TPSA) is 77.5 Å². The minimum atomic E-state index is -0.339. The fourth-order valence-corrected chi connectivity index (χ4v) is 2.63. The molecule has 0 aliphatic heterocycles. The number of nitrogens with zero attached hydrogens (tertiary/aromatic N) is 1. The van der Waals surface area contributed by atoms with Crippen molar-refractivity contribution >= 4 is 44.3 Å². The van der Waals surface area contributed by atoms with Gasteiger partial charge in [0.15, 0.2) is 11.7 Å². The first-order valence-corrected chi connectivity index (χ1v) is 8.52. The van der Waals surface area contributed by atoms with E-state index in [0.29, 0.717) is 23.2 Å². The molecule has 0 aliphatic carbocycles. The van der Waals surface area contributed by atoms with E-state index in [4.69, 9.17) is 9.47 Å². The van der Waals surface area contributed by atoms with Crippen molar-refractivity contribution < 1.29 is 19.1 Å². The molecule has 2 rings (SSSR count). The Morgan fingerprint density at radius 1 is 1.30 bits per heavy atom. The first-order valence-electron chi connectivity index (χ1n) is 6.85. The number of thiazole rings is 1. The number of esters is 1. The van der Waals surface area contributed by atoms with E-state index in [2.05, 4.69) is 26.2 Å². The molecule has 0 radical (unpaired) electrons. The number of carbonyl (C=O) groups is 2. The average Bonchev–Trinajstić information content (AvgIpc) is 2.94. The van der Waals surface area contributed by atoms with E-state index in [1.807, 2.05) is 12.1 Å². The molecule has 0 atom stereocenters. The van der Waals surface area contributed by atoms with Crippen LogP contribution in [0, 0.1) is 0 Å². The van der Waals surface area contributed by atoms with Crippen molar-refractivity contribution in [2.45, 2.75) is 13.3 Å². The smallest absolute Gasteiger partial charge is 0.311 e. The molecule has 1 heterocycles. The highest BCUT2D eigenvalue weighted by atomic mass is 79.9. The van der Waals surface area contributed by atoms with Crippen LogP contribution in [0.5, 0.6) is 5.75 Å². The Kier molecular flexibility index (Phi) is 6.54. The lowest BCUT2D eigenvalue weighted by Crippen LogP contribution is -2.20. The number of amides is 1. The Labute approximate surface area is 146 Å². The highest BCUT2D eigenvalue weighted by Gasteiger charge is 2.10. The normalized spacial score (nSPS) is 10.2.